The van der Waals surface area contributed by atoms with Gasteiger partial charge in [-0.2, -0.15) is 5.26 Å². The molecule has 1 aromatic heterocycles. The monoisotopic (exact) mass is 207 g/mol. The van der Waals surface area contributed by atoms with Crippen molar-refractivity contribution in [2.45, 2.75) is 4.90 Å². The van der Waals surface area contributed by atoms with E-state index in [1.165, 1.54) is 11.3 Å². The van der Waals surface area contributed by atoms with Crippen molar-refractivity contribution in [2.75, 3.05) is 0 Å². The van der Waals surface area contributed by atoms with E-state index in [1.54, 1.807) is 17.5 Å². The minimum atomic E-state index is 0.160. The zero-order valence-electron chi connectivity index (χ0n) is 6.48. The summed E-state index contributed by atoms with van der Waals surface area (Å²) in [5, 5.41) is 20.9. The van der Waals surface area contributed by atoms with Gasteiger partial charge in [-0.25, -0.2) is 0 Å². The van der Waals surface area contributed by atoms with Crippen LogP contribution in [0.1, 0.15) is 5.56 Å². The summed E-state index contributed by atoms with van der Waals surface area (Å²) >= 11 is 5.44. The summed E-state index contributed by atoms with van der Waals surface area (Å²) in [6.45, 7) is 0. The van der Waals surface area contributed by atoms with Gasteiger partial charge in [0.15, 0.2) is 0 Å². The van der Waals surface area contributed by atoms with Crippen molar-refractivity contribution in [2.24, 2.45) is 0 Å². The van der Waals surface area contributed by atoms with Gasteiger partial charge in [0.05, 0.1) is 10.3 Å². The second-order valence-corrected chi connectivity index (χ2v) is 3.93. The predicted molar refractivity (Wildman–Crippen MR) is 55.5 cm³/mol. The number of thiophene rings is 1. The number of nitriles is 1. The normalized spacial score (nSPS) is 10.2. The molecule has 1 N–H and O–H groups in total. The quantitative estimate of drug-likeness (QED) is 0.652. The van der Waals surface area contributed by atoms with E-state index in [9.17, 15) is 5.11 Å². The maximum absolute atomic E-state index is 9.59. The molecule has 0 spiro atoms. The Bertz CT molecular complexity index is 510. The van der Waals surface area contributed by atoms with Crippen LogP contribution < -0.4 is 0 Å². The minimum absolute atomic E-state index is 0.160. The van der Waals surface area contributed by atoms with E-state index in [0.717, 1.165) is 10.1 Å². The third kappa shape index (κ3) is 1.17. The molecule has 1 aromatic carbocycles. The van der Waals surface area contributed by atoms with Crippen molar-refractivity contribution in [3.8, 4) is 11.8 Å². The van der Waals surface area contributed by atoms with Crippen molar-refractivity contribution in [3.05, 3.63) is 23.1 Å². The first-order valence-corrected chi connectivity index (χ1v) is 4.89. The highest BCUT2D eigenvalue weighted by Crippen LogP contribution is 2.36. The molecule has 2 nitrogen and oxygen atoms in total. The van der Waals surface area contributed by atoms with E-state index < -0.39 is 0 Å². The van der Waals surface area contributed by atoms with Crippen LogP contribution in [0.4, 0.5) is 0 Å². The van der Waals surface area contributed by atoms with E-state index >= 15 is 0 Å². The summed E-state index contributed by atoms with van der Waals surface area (Å²) in [5.41, 5.74) is 0.601. The molecular formula is C9H5NOS2. The Kier molecular flexibility index (Phi) is 1.91. The van der Waals surface area contributed by atoms with Gasteiger partial charge >= 0.3 is 0 Å². The molecule has 1 heterocycles. The SMILES string of the molecule is N#Cc1csc2c(O)c(S)ccc12. The number of fused-ring (bicyclic) bond motifs is 1. The molecule has 0 atom stereocenters. The lowest BCUT2D eigenvalue weighted by atomic mass is 10.2. The van der Waals surface area contributed by atoms with Gasteiger partial charge in [-0.05, 0) is 6.07 Å². The zero-order chi connectivity index (χ0) is 9.42. The molecule has 2 rings (SSSR count). The van der Waals surface area contributed by atoms with Crippen LogP contribution in [-0.2, 0) is 0 Å². The number of phenolic OH excluding ortho intramolecular Hbond substituents is 1. The number of rotatable bonds is 0. The second kappa shape index (κ2) is 2.95. The highest BCUT2D eigenvalue weighted by atomic mass is 32.1. The number of hydrogen-bond donors (Lipinski definition) is 2. The van der Waals surface area contributed by atoms with Gasteiger partial charge in [0.25, 0.3) is 0 Å². The van der Waals surface area contributed by atoms with Crippen LogP contribution in [0.5, 0.6) is 5.75 Å². The number of nitrogens with zero attached hydrogens (tertiary/aromatic N) is 1. The lowest BCUT2D eigenvalue weighted by Gasteiger charge is -1.97. The molecule has 13 heavy (non-hydrogen) atoms. The van der Waals surface area contributed by atoms with Crippen LogP contribution >= 0.6 is 24.0 Å². The molecule has 4 heteroatoms. The van der Waals surface area contributed by atoms with Gasteiger partial charge in [-0.3, -0.25) is 0 Å². The first-order chi connectivity index (χ1) is 6.24. The number of thiol groups is 1. The number of benzene rings is 1. The third-order valence-corrected chi connectivity index (χ3v) is 3.18. The number of phenols is 1. The topological polar surface area (TPSA) is 44.0 Å². The van der Waals surface area contributed by atoms with Crippen molar-refractivity contribution < 1.29 is 5.11 Å². The molecule has 2 aromatic rings. The molecule has 0 aliphatic carbocycles. The minimum Gasteiger partial charge on any atom is -0.505 e. The van der Waals surface area contributed by atoms with Crippen LogP contribution in [0.15, 0.2) is 22.4 Å². The summed E-state index contributed by atoms with van der Waals surface area (Å²) in [6.07, 6.45) is 0. The molecular weight excluding hydrogens is 202 g/mol. The smallest absolute Gasteiger partial charge is 0.146 e. The summed E-state index contributed by atoms with van der Waals surface area (Å²) in [5.74, 6) is 0.160. The van der Waals surface area contributed by atoms with Crippen molar-refractivity contribution in [3.63, 3.8) is 0 Å². The van der Waals surface area contributed by atoms with Gasteiger partial charge in [-0.15, -0.1) is 24.0 Å². The molecule has 0 aliphatic rings. The van der Waals surface area contributed by atoms with Crippen molar-refractivity contribution >= 4 is 34.1 Å². The average molecular weight is 207 g/mol. The van der Waals surface area contributed by atoms with Crippen LogP contribution in [0.2, 0.25) is 0 Å². The standard InChI is InChI=1S/C9H5NOS2/c10-3-5-4-13-9-6(5)1-2-7(12)8(9)11/h1-2,4,11-12H. The fraction of sp³-hybridized carbons (Fsp3) is 0. The molecule has 0 radical (unpaired) electrons. The Balaban J connectivity index is 2.91. The molecule has 0 unspecified atom stereocenters. The Morgan fingerprint density at radius 2 is 2.23 bits per heavy atom. The fourth-order valence-electron chi connectivity index (χ4n) is 1.16. The summed E-state index contributed by atoms with van der Waals surface area (Å²) in [6, 6.07) is 5.56. The Morgan fingerprint density at radius 3 is 2.92 bits per heavy atom. The summed E-state index contributed by atoms with van der Waals surface area (Å²) in [4.78, 5) is 0.541. The summed E-state index contributed by atoms with van der Waals surface area (Å²) in [7, 11) is 0. The highest BCUT2D eigenvalue weighted by Gasteiger charge is 2.08. The van der Waals surface area contributed by atoms with E-state index in [0.29, 0.717) is 10.5 Å². The number of aromatic hydroxyl groups is 1. The average Bonchev–Trinajstić information content (AvgIpc) is 2.55. The molecule has 0 fully saturated rings. The highest BCUT2D eigenvalue weighted by molar-refractivity contribution is 7.80. The first-order valence-electron chi connectivity index (χ1n) is 3.56. The molecule has 0 saturated heterocycles. The van der Waals surface area contributed by atoms with Gasteiger partial charge in [0.2, 0.25) is 0 Å². The third-order valence-electron chi connectivity index (χ3n) is 1.82. The molecule has 64 valence electrons. The maximum Gasteiger partial charge on any atom is 0.146 e. The van der Waals surface area contributed by atoms with Gasteiger partial charge in [-0.1, -0.05) is 6.07 Å². The van der Waals surface area contributed by atoms with Crippen molar-refractivity contribution in [1.29, 1.82) is 5.26 Å². The summed E-state index contributed by atoms with van der Waals surface area (Å²) < 4.78 is 0.726. The number of hydrogen-bond acceptors (Lipinski definition) is 4. The van der Waals surface area contributed by atoms with E-state index in [-0.39, 0.29) is 5.75 Å². The lowest BCUT2D eigenvalue weighted by molar-refractivity contribution is 0.470. The van der Waals surface area contributed by atoms with E-state index in [2.05, 4.69) is 18.7 Å². The van der Waals surface area contributed by atoms with Gasteiger partial charge < -0.3 is 5.11 Å². The molecule has 0 saturated carbocycles. The largest absolute Gasteiger partial charge is 0.505 e. The molecule has 0 aliphatic heterocycles. The van der Waals surface area contributed by atoms with E-state index in [4.69, 9.17) is 5.26 Å². The van der Waals surface area contributed by atoms with Gasteiger partial charge in [0.1, 0.15) is 11.8 Å². The first kappa shape index (κ1) is 8.42. The molecule has 0 bridgehead atoms. The van der Waals surface area contributed by atoms with Gasteiger partial charge in [0, 0.05) is 15.7 Å². The van der Waals surface area contributed by atoms with E-state index in [1.807, 2.05) is 0 Å². The fourth-order valence-corrected chi connectivity index (χ4v) is 2.36. The van der Waals surface area contributed by atoms with Crippen molar-refractivity contribution in [1.82, 2.24) is 0 Å². The van der Waals surface area contributed by atoms with Crippen LogP contribution in [0.3, 0.4) is 0 Å². The molecule has 0 amide bonds. The Morgan fingerprint density at radius 1 is 1.46 bits per heavy atom. The second-order valence-electron chi connectivity index (χ2n) is 2.57. The maximum atomic E-state index is 9.59. The Labute approximate surface area is 84.5 Å². The Hall–Kier alpha value is -1.18. The zero-order valence-corrected chi connectivity index (χ0v) is 8.19. The van der Waals surface area contributed by atoms with Crippen LogP contribution in [0.25, 0.3) is 10.1 Å². The lowest BCUT2D eigenvalue weighted by Crippen LogP contribution is -1.72. The van der Waals surface area contributed by atoms with Crippen LogP contribution in [-0.4, -0.2) is 5.11 Å². The predicted octanol–water partition coefficient (Wildman–Crippen LogP) is 2.77. The van der Waals surface area contributed by atoms with Crippen LogP contribution in [0, 0.1) is 11.3 Å².